The lowest BCUT2D eigenvalue weighted by atomic mass is 10.4. The minimum atomic E-state index is 0.741. The van der Waals surface area contributed by atoms with Gasteiger partial charge in [0, 0.05) is 37.3 Å². The van der Waals surface area contributed by atoms with Crippen molar-refractivity contribution in [3.05, 3.63) is 16.1 Å². The highest BCUT2D eigenvalue weighted by molar-refractivity contribution is 7.11. The topological polar surface area (TPSA) is 52.6 Å². The Kier molecular flexibility index (Phi) is 6.45. The molecule has 2 rings (SSSR count). The van der Waals surface area contributed by atoms with Gasteiger partial charge in [0.15, 0.2) is 5.96 Å². The molecule has 1 aromatic heterocycles. The summed E-state index contributed by atoms with van der Waals surface area (Å²) in [4.78, 5) is 12.5. The van der Waals surface area contributed by atoms with Gasteiger partial charge in [0.1, 0.15) is 5.01 Å². The maximum atomic E-state index is 4.41. The van der Waals surface area contributed by atoms with Gasteiger partial charge in [-0.15, -0.1) is 11.3 Å². The van der Waals surface area contributed by atoms with Crippen LogP contribution in [0.25, 0.3) is 0 Å². The minimum Gasteiger partial charge on any atom is -0.355 e. The SMILES string of the molecule is CCc1cnc(CNC(=NC)NCCN(CC)C2CC2)s1. The molecule has 2 N–H and O–H groups in total. The fourth-order valence-electron chi connectivity index (χ4n) is 2.33. The van der Waals surface area contributed by atoms with Gasteiger partial charge in [-0.05, 0) is 25.8 Å². The van der Waals surface area contributed by atoms with Gasteiger partial charge >= 0.3 is 0 Å². The predicted octanol–water partition coefficient (Wildman–Crippen LogP) is 1.85. The molecule has 0 radical (unpaired) electrons. The summed E-state index contributed by atoms with van der Waals surface area (Å²) in [6.07, 6.45) is 5.75. The van der Waals surface area contributed by atoms with Crippen molar-refractivity contribution in [2.75, 3.05) is 26.7 Å². The second-order valence-corrected chi connectivity index (χ2v) is 6.49. The Morgan fingerprint density at radius 1 is 1.43 bits per heavy atom. The fraction of sp³-hybridized carbons (Fsp3) is 0.733. The number of guanidine groups is 1. The van der Waals surface area contributed by atoms with Crippen LogP contribution in [-0.4, -0.2) is 48.6 Å². The summed E-state index contributed by atoms with van der Waals surface area (Å²) in [7, 11) is 1.81. The molecule has 0 unspecified atom stereocenters. The van der Waals surface area contributed by atoms with E-state index in [1.165, 1.54) is 17.7 Å². The monoisotopic (exact) mass is 309 g/mol. The van der Waals surface area contributed by atoms with Crippen molar-refractivity contribution in [2.24, 2.45) is 4.99 Å². The molecule has 1 aromatic rings. The second kappa shape index (κ2) is 8.34. The average molecular weight is 309 g/mol. The van der Waals surface area contributed by atoms with Crippen molar-refractivity contribution in [3.8, 4) is 0 Å². The minimum absolute atomic E-state index is 0.741. The van der Waals surface area contributed by atoms with Crippen molar-refractivity contribution in [1.82, 2.24) is 20.5 Å². The lowest BCUT2D eigenvalue weighted by Gasteiger charge is -2.20. The second-order valence-electron chi connectivity index (χ2n) is 5.29. The quantitative estimate of drug-likeness (QED) is 0.568. The maximum Gasteiger partial charge on any atom is 0.191 e. The number of hydrogen-bond donors (Lipinski definition) is 2. The lowest BCUT2D eigenvalue weighted by molar-refractivity contribution is 0.282. The highest BCUT2D eigenvalue weighted by Crippen LogP contribution is 2.25. The van der Waals surface area contributed by atoms with Gasteiger partial charge in [-0.2, -0.15) is 0 Å². The molecule has 1 aliphatic carbocycles. The molecule has 0 spiro atoms. The van der Waals surface area contributed by atoms with Gasteiger partial charge in [0.05, 0.1) is 6.54 Å². The molecule has 1 saturated carbocycles. The molecule has 0 amide bonds. The van der Waals surface area contributed by atoms with Gasteiger partial charge in [-0.3, -0.25) is 9.89 Å². The first-order chi connectivity index (χ1) is 10.3. The third kappa shape index (κ3) is 5.28. The van der Waals surface area contributed by atoms with Crippen LogP contribution in [0.3, 0.4) is 0 Å². The Labute approximate surface area is 131 Å². The van der Waals surface area contributed by atoms with Crippen molar-refractivity contribution >= 4 is 17.3 Å². The van der Waals surface area contributed by atoms with Crippen molar-refractivity contribution in [1.29, 1.82) is 0 Å². The van der Waals surface area contributed by atoms with Gasteiger partial charge in [-0.25, -0.2) is 4.98 Å². The fourth-order valence-corrected chi connectivity index (χ4v) is 3.13. The summed E-state index contributed by atoms with van der Waals surface area (Å²) < 4.78 is 0. The van der Waals surface area contributed by atoms with E-state index in [9.17, 15) is 0 Å². The number of aryl methyl sites for hydroxylation is 1. The first-order valence-electron chi connectivity index (χ1n) is 7.89. The smallest absolute Gasteiger partial charge is 0.191 e. The van der Waals surface area contributed by atoms with Crippen LogP contribution in [0.1, 0.15) is 36.6 Å². The Hall–Kier alpha value is -1.14. The maximum absolute atomic E-state index is 4.41. The highest BCUT2D eigenvalue weighted by atomic mass is 32.1. The van der Waals surface area contributed by atoms with E-state index < -0.39 is 0 Å². The zero-order valence-corrected chi connectivity index (χ0v) is 14.2. The number of likely N-dealkylation sites (N-methyl/N-ethyl adjacent to an activating group) is 1. The van der Waals surface area contributed by atoms with Gasteiger partial charge in [0.25, 0.3) is 0 Å². The molecular weight excluding hydrogens is 282 g/mol. The summed E-state index contributed by atoms with van der Waals surface area (Å²) in [5.41, 5.74) is 0. The Bertz CT molecular complexity index is 453. The van der Waals surface area contributed by atoms with Crippen LogP contribution in [-0.2, 0) is 13.0 Å². The summed E-state index contributed by atoms with van der Waals surface area (Å²) >= 11 is 1.77. The zero-order chi connectivity index (χ0) is 15.1. The van der Waals surface area contributed by atoms with E-state index in [4.69, 9.17) is 0 Å². The molecule has 0 bridgehead atoms. The Morgan fingerprint density at radius 2 is 2.24 bits per heavy atom. The first kappa shape index (κ1) is 16.2. The van der Waals surface area contributed by atoms with Gasteiger partial charge in [-0.1, -0.05) is 13.8 Å². The van der Waals surface area contributed by atoms with Crippen LogP contribution < -0.4 is 10.6 Å². The third-order valence-corrected chi connectivity index (χ3v) is 4.88. The van der Waals surface area contributed by atoms with Crippen LogP contribution in [0.5, 0.6) is 0 Å². The van der Waals surface area contributed by atoms with Crippen LogP contribution in [0.15, 0.2) is 11.2 Å². The molecule has 21 heavy (non-hydrogen) atoms. The van der Waals surface area contributed by atoms with E-state index in [2.05, 4.69) is 39.4 Å². The predicted molar refractivity (Wildman–Crippen MR) is 90.0 cm³/mol. The van der Waals surface area contributed by atoms with Crippen LogP contribution >= 0.6 is 11.3 Å². The molecule has 0 atom stereocenters. The van der Waals surface area contributed by atoms with Gasteiger partial charge in [0.2, 0.25) is 0 Å². The number of aliphatic imine (C=N–C) groups is 1. The van der Waals surface area contributed by atoms with E-state index in [0.717, 1.165) is 49.6 Å². The van der Waals surface area contributed by atoms with Crippen molar-refractivity contribution in [2.45, 2.75) is 45.7 Å². The number of rotatable bonds is 8. The largest absolute Gasteiger partial charge is 0.355 e. The van der Waals surface area contributed by atoms with Crippen LogP contribution in [0, 0.1) is 0 Å². The molecule has 0 aliphatic heterocycles. The van der Waals surface area contributed by atoms with Crippen LogP contribution in [0.2, 0.25) is 0 Å². The number of aromatic nitrogens is 1. The Balaban J connectivity index is 1.68. The molecule has 0 aromatic carbocycles. The first-order valence-corrected chi connectivity index (χ1v) is 8.70. The summed E-state index contributed by atoms with van der Waals surface area (Å²) in [6.45, 7) is 8.28. The van der Waals surface area contributed by atoms with E-state index >= 15 is 0 Å². The van der Waals surface area contributed by atoms with E-state index in [-0.39, 0.29) is 0 Å². The number of nitrogens with zero attached hydrogens (tertiary/aromatic N) is 3. The molecule has 1 heterocycles. The number of thiazole rings is 1. The van der Waals surface area contributed by atoms with E-state index in [1.807, 2.05) is 13.2 Å². The lowest BCUT2D eigenvalue weighted by Crippen LogP contribution is -2.41. The normalized spacial score (nSPS) is 15.5. The number of hydrogen-bond acceptors (Lipinski definition) is 4. The summed E-state index contributed by atoms with van der Waals surface area (Å²) in [5, 5.41) is 7.82. The third-order valence-electron chi connectivity index (χ3n) is 3.74. The molecule has 6 heteroatoms. The highest BCUT2D eigenvalue weighted by Gasteiger charge is 2.27. The zero-order valence-electron chi connectivity index (χ0n) is 13.4. The standard InChI is InChI=1S/C15H27N5S/c1-4-13-10-18-14(21-13)11-19-15(16-3)17-8-9-20(5-2)12-6-7-12/h10,12H,4-9,11H2,1-3H3,(H2,16,17,19). The molecule has 0 saturated heterocycles. The Morgan fingerprint density at radius 3 is 2.81 bits per heavy atom. The number of nitrogens with one attached hydrogen (secondary N) is 2. The molecule has 118 valence electrons. The molecule has 1 aliphatic rings. The van der Waals surface area contributed by atoms with Crippen molar-refractivity contribution < 1.29 is 0 Å². The van der Waals surface area contributed by atoms with Gasteiger partial charge < -0.3 is 10.6 Å². The molecule has 1 fully saturated rings. The molecular formula is C15H27N5S. The van der Waals surface area contributed by atoms with Crippen molar-refractivity contribution in [3.63, 3.8) is 0 Å². The summed E-state index contributed by atoms with van der Waals surface area (Å²) in [6, 6.07) is 0.828. The van der Waals surface area contributed by atoms with E-state index in [1.54, 1.807) is 11.3 Å². The average Bonchev–Trinajstić information content (AvgIpc) is 3.25. The summed E-state index contributed by atoms with van der Waals surface area (Å²) in [5.74, 6) is 0.857. The van der Waals surface area contributed by atoms with E-state index in [0.29, 0.717) is 0 Å². The molecule has 5 nitrogen and oxygen atoms in total. The van der Waals surface area contributed by atoms with Crippen LogP contribution in [0.4, 0.5) is 0 Å².